The first-order valence-electron chi connectivity index (χ1n) is 1.23. The fourth-order valence-electron chi connectivity index (χ4n) is 0. The van der Waals surface area contributed by atoms with Gasteiger partial charge in [-0.2, -0.15) is 0 Å². The van der Waals surface area contributed by atoms with Gasteiger partial charge in [-0.15, -0.1) is 0 Å². The van der Waals surface area contributed by atoms with Crippen molar-refractivity contribution in [3.63, 3.8) is 0 Å². The van der Waals surface area contributed by atoms with Crippen molar-refractivity contribution >= 4 is 0 Å². The van der Waals surface area contributed by atoms with Gasteiger partial charge in [-0.05, 0) is 0 Å². The SMILES string of the molecule is CC[O][Sc]. The summed E-state index contributed by atoms with van der Waals surface area (Å²) in [4.78, 5) is 0. The Bertz CT molecular complexity index is 8.00. The summed E-state index contributed by atoms with van der Waals surface area (Å²) >= 11 is 1.32. The second-order valence-corrected chi connectivity index (χ2v) is 0.976. The third-order valence-corrected chi connectivity index (χ3v) is 0.687. The normalized spacial score (nSPS) is 7.00. The molecule has 0 saturated heterocycles. The van der Waals surface area contributed by atoms with Gasteiger partial charge in [0.1, 0.15) is 0 Å². The molecule has 0 aliphatic carbocycles. The van der Waals surface area contributed by atoms with Crippen LogP contribution in [0.1, 0.15) is 6.92 Å². The molecule has 0 fully saturated rings. The average Bonchev–Trinajstić information content (AvgIpc) is 1.37. The van der Waals surface area contributed by atoms with E-state index < -0.39 is 0 Å². The molecule has 0 heterocycles. The summed E-state index contributed by atoms with van der Waals surface area (Å²) in [5.74, 6) is 0. The Morgan fingerprint density at radius 3 is 2.25 bits per heavy atom. The van der Waals surface area contributed by atoms with Gasteiger partial charge in [0.2, 0.25) is 0 Å². The molecule has 0 aromatic rings. The van der Waals surface area contributed by atoms with E-state index in [1.165, 1.54) is 24.8 Å². The van der Waals surface area contributed by atoms with E-state index >= 15 is 0 Å². The third kappa shape index (κ3) is 2.83. The van der Waals surface area contributed by atoms with Crippen molar-refractivity contribution in [2.75, 3.05) is 6.61 Å². The van der Waals surface area contributed by atoms with Crippen LogP contribution in [0.5, 0.6) is 0 Å². The van der Waals surface area contributed by atoms with Crippen molar-refractivity contribution in [2.24, 2.45) is 0 Å². The van der Waals surface area contributed by atoms with Crippen LogP contribution in [0.25, 0.3) is 0 Å². The van der Waals surface area contributed by atoms with E-state index in [1.54, 1.807) is 0 Å². The van der Waals surface area contributed by atoms with Gasteiger partial charge in [-0.25, -0.2) is 0 Å². The quantitative estimate of drug-likeness (QED) is 0.455. The molecule has 0 aromatic carbocycles. The topological polar surface area (TPSA) is 9.23 Å². The number of hydrogen-bond donors (Lipinski definition) is 0. The van der Waals surface area contributed by atoms with E-state index in [0.29, 0.717) is 0 Å². The van der Waals surface area contributed by atoms with Crippen molar-refractivity contribution in [3.8, 4) is 0 Å². The van der Waals surface area contributed by atoms with Gasteiger partial charge in [0.25, 0.3) is 0 Å². The van der Waals surface area contributed by atoms with Crippen LogP contribution in [-0.4, -0.2) is 6.61 Å². The van der Waals surface area contributed by atoms with Gasteiger partial charge in [-0.1, -0.05) is 0 Å². The van der Waals surface area contributed by atoms with Gasteiger partial charge in [0, 0.05) is 0 Å². The molecule has 1 nitrogen and oxygen atoms in total. The van der Waals surface area contributed by atoms with Crippen molar-refractivity contribution in [1.29, 1.82) is 0 Å². The van der Waals surface area contributed by atoms with Crippen LogP contribution in [0.3, 0.4) is 0 Å². The molecule has 22 valence electrons. The van der Waals surface area contributed by atoms with Gasteiger partial charge in [0.05, 0.1) is 0 Å². The van der Waals surface area contributed by atoms with E-state index in [2.05, 4.69) is 2.85 Å². The minimum atomic E-state index is 0.847. The van der Waals surface area contributed by atoms with E-state index in [1.807, 2.05) is 6.92 Å². The van der Waals surface area contributed by atoms with Crippen molar-refractivity contribution in [1.82, 2.24) is 0 Å². The molecule has 0 radical (unpaired) electrons. The molecule has 0 amide bonds. The number of rotatable bonds is 1. The maximum absolute atomic E-state index is 4.60. The molecule has 0 aliphatic rings. The molecule has 4 heavy (non-hydrogen) atoms. The summed E-state index contributed by atoms with van der Waals surface area (Å²) in [6.07, 6.45) is 0. The van der Waals surface area contributed by atoms with Crippen molar-refractivity contribution in [3.05, 3.63) is 0 Å². The second kappa shape index (κ2) is 3.83. The standard InChI is InChI=1S/C2H5O.Sc/c1-2-3;/h2H2,1H3;/q-1;+1. The first-order valence-corrected chi connectivity index (χ1v) is 1.97. The Hall–Kier alpha value is 0.830. The van der Waals surface area contributed by atoms with Gasteiger partial charge in [-0.3, -0.25) is 0 Å². The molecule has 0 saturated carbocycles. The maximum atomic E-state index is 4.60. The van der Waals surface area contributed by atoms with Gasteiger partial charge in [0.15, 0.2) is 0 Å². The molecule has 0 aromatic heterocycles. The minimum absolute atomic E-state index is 0.847. The summed E-state index contributed by atoms with van der Waals surface area (Å²) in [6, 6.07) is 0. The van der Waals surface area contributed by atoms with Gasteiger partial charge < -0.3 is 0 Å². The molecule has 2 heteroatoms. The molecular formula is C2H5OSc. The van der Waals surface area contributed by atoms with Crippen LogP contribution in [0, 0.1) is 0 Å². The predicted molar refractivity (Wildman–Crippen MR) is 11.6 cm³/mol. The van der Waals surface area contributed by atoms with Crippen LogP contribution in [0.2, 0.25) is 0 Å². The second-order valence-electron chi connectivity index (χ2n) is 0.455. The molecular weight excluding hydrogens is 85.0 g/mol. The molecule has 0 atom stereocenters. The summed E-state index contributed by atoms with van der Waals surface area (Å²) < 4.78 is 4.60. The molecule has 0 aliphatic heterocycles. The first-order chi connectivity index (χ1) is 1.91. The van der Waals surface area contributed by atoms with E-state index in [0.717, 1.165) is 6.61 Å². The summed E-state index contributed by atoms with van der Waals surface area (Å²) in [5.41, 5.74) is 0. The van der Waals surface area contributed by atoms with Gasteiger partial charge >= 0.3 is 41.2 Å². The van der Waals surface area contributed by atoms with Crippen molar-refractivity contribution in [2.45, 2.75) is 6.92 Å². The Labute approximate surface area is 41.5 Å². The first kappa shape index (κ1) is 4.83. The average molecular weight is 90.0 g/mol. The molecule has 0 spiro atoms. The molecule has 0 bridgehead atoms. The summed E-state index contributed by atoms with van der Waals surface area (Å²) in [6.45, 7) is 2.82. The molecule has 0 N–H and O–H groups in total. The van der Waals surface area contributed by atoms with E-state index in [4.69, 9.17) is 0 Å². The zero-order valence-electron chi connectivity index (χ0n) is 2.69. The van der Waals surface area contributed by atoms with E-state index in [9.17, 15) is 0 Å². The zero-order valence-corrected chi connectivity index (χ0v) is 4.50. The Balaban J connectivity index is 1.97. The fourth-order valence-corrected chi connectivity index (χ4v) is 0. The zero-order chi connectivity index (χ0) is 3.41. The van der Waals surface area contributed by atoms with Crippen molar-refractivity contribution < 1.29 is 27.7 Å². The Morgan fingerprint density at radius 1 is 2.00 bits per heavy atom. The summed E-state index contributed by atoms with van der Waals surface area (Å²) in [7, 11) is 0. The van der Waals surface area contributed by atoms with Crippen LogP contribution in [0.15, 0.2) is 0 Å². The molecule has 0 unspecified atom stereocenters. The fraction of sp³-hybridized carbons (Fsp3) is 1.00. The summed E-state index contributed by atoms with van der Waals surface area (Å²) in [5, 5.41) is 0. The van der Waals surface area contributed by atoms with Crippen LogP contribution >= 0.6 is 0 Å². The predicted octanol–water partition coefficient (Wildman–Crippen LogP) is 0.485. The van der Waals surface area contributed by atoms with E-state index in [-0.39, 0.29) is 0 Å². The monoisotopic (exact) mass is 90.0 g/mol. The van der Waals surface area contributed by atoms with Crippen LogP contribution in [0.4, 0.5) is 0 Å². The Morgan fingerprint density at radius 2 is 2.25 bits per heavy atom. The van der Waals surface area contributed by atoms with Crippen LogP contribution < -0.4 is 0 Å². The third-order valence-electron chi connectivity index (χ3n) is 0.167. The Kier molecular flexibility index (Phi) is 4.63. The van der Waals surface area contributed by atoms with Crippen LogP contribution in [-0.2, 0) is 27.7 Å². The molecule has 0 rings (SSSR count). The number of hydrogen-bond acceptors (Lipinski definition) is 1.